The van der Waals surface area contributed by atoms with Crippen LogP contribution in [0.5, 0.6) is 0 Å². The van der Waals surface area contributed by atoms with Gasteiger partial charge in [-0.3, -0.25) is 9.78 Å². The summed E-state index contributed by atoms with van der Waals surface area (Å²) in [6, 6.07) is 3.95. The summed E-state index contributed by atoms with van der Waals surface area (Å²) >= 11 is 1.62. The third kappa shape index (κ3) is 2.22. The van der Waals surface area contributed by atoms with Crippen molar-refractivity contribution in [2.75, 3.05) is 0 Å². The predicted molar refractivity (Wildman–Crippen MR) is 76.6 cm³/mol. The molecule has 3 aromatic rings. The second-order valence-electron chi connectivity index (χ2n) is 4.56. The van der Waals surface area contributed by atoms with Gasteiger partial charge >= 0.3 is 0 Å². The molecule has 0 bridgehead atoms. The average molecular weight is 287 g/mol. The Morgan fingerprint density at radius 2 is 2.35 bits per heavy atom. The molecular formula is C14H13N3O2S. The quantitative estimate of drug-likeness (QED) is 0.735. The molecule has 0 radical (unpaired) electrons. The van der Waals surface area contributed by atoms with Gasteiger partial charge in [-0.15, -0.1) is 11.3 Å². The summed E-state index contributed by atoms with van der Waals surface area (Å²) in [5, 5.41) is 5.95. The van der Waals surface area contributed by atoms with Crippen molar-refractivity contribution in [2.24, 2.45) is 0 Å². The molecule has 0 aliphatic heterocycles. The van der Waals surface area contributed by atoms with Gasteiger partial charge in [-0.2, -0.15) is 4.98 Å². The Bertz CT molecular complexity index is 762. The molecule has 5 nitrogen and oxygen atoms in total. The molecule has 0 saturated heterocycles. The topological polar surface area (TPSA) is 68.9 Å². The van der Waals surface area contributed by atoms with Crippen molar-refractivity contribution in [1.29, 1.82) is 0 Å². The summed E-state index contributed by atoms with van der Waals surface area (Å²) in [4.78, 5) is 20.2. The van der Waals surface area contributed by atoms with Crippen LogP contribution in [0.3, 0.4) is 0 Å². The van der Waals surface area contributed by atoms with Crippen LogP contribution in [0, 0.1) is 0 Å². The SMILES string of the molecule is CCC(C(C)=O)c1nc(-c2cnc3ccsc3c2)no1. The molecule has 0 amide bonds. The van der Waals surface area contributed by atoms with Crippen molar-refractivity contribution in [3.63, 3.8) is 0 Å². The molecule has 20 heavy (non-hydrogen) atoms. The summed E-state index contributed by atoms with van der Waals surface area (Å²) in [5.41, 5.74) is 1.76. The van der Waals surface area contributed by atoms with Crippen LogP contribution in [0.2, 0.25) is 0 Å². The molecule has 3 rings (SSSR count). The molecular weight excluding hydrogens is 274 g/mol. The van der Waals surface area contributed by atoms with Crippen LogP contribution >= 0.6 is 11.3 Å². The van der Waals surface area contributed by atoms with Crippen molar-refractivity contribution in [1.82, 2.24) is 15.1 Å². The molecule has 3 heterocycles. The Morgan fingerprint density at radius 1 is 1.50 bits per heavy atom. The first-order chi connectivity index (χ1) is 9.69. The van der Waals surface area contributed by atoms with E-state index in [1.165, 1.54) is 6.92 Å². The van der Waals surface area contributed by atoms with Gasteiger partial charge in [0.05, 0.1) is 16.1 Å². The molecule has 6 heteroatoms. The van der Waals surface area contributed by atoms with Gasteiger partial charge in [0.1, 0.15) is 5.78 Å². The number of thiophene rings is 1. The lowest BCUT2D eigenvalue weighted by atomic mass is 10.0. The number of pyridine rings is 1. The Labute approximate surface area is 119 Å². The minimum atomic E-state index is -0.324. The van der Waals surface area contributed by atoms with Gasteiger partial charge in [0, 0.05) is 11.8 Å². The van der Waals surface area contributed by atoms with Crippen LogP contribution < -0.4 is 0 Å². The lowest BCUT2D eigenvalue weighted by molar-refractivity contribution is -0.119. The zero-order chi connectivity index (χ0) is 14.1. The fraction of sp³-hybridized carbons (Fsp3) is 0.286. The van der Waals surface area contributed by atoms with E-state index in [1.54, 1.807) is 17.5 Å². The van der Waals surface area contributed by atoms with Crippen LogP contribution in [0.4, 0.5) is 0 Å². The molecule has 0 aromatic carbocycles. The molecule has 1 unspecified atom stereocenters. The van der Waals surface area contributed by atoms with Gasteiger partial charge in [0.2, 0.25) is 11.7 Å². The molecule has 0 spiro atoms. The van der Waals surface area contributed by atoms with E-state index in [-0.39, 0.29) is 11.7 Å². The number of ketones is 1. The maximum atomic E-state index is 11.5. The van der Waals surface area contributed by atoms with Crippen molar-refractivity contribution >= 4 is 27.3 Å². The van der Waals surface area contributed by atoms with Crippen LogP contribution in [-0.2, 0) is 4.79 Å². The highest BCUT2D eigenvalue weighted by atomic mass is 32.1. The first kappa shape index (κ1) is 12.9. The number of hydrogen-bond donors (Lipinski definition) is 0. The summed E-state index contributed by atoms with van der Waals surface area (Å²) in [5.74, 6) is 0.563. The number of rotatable bonds is 4. The average Bonchev–Trinajstić information content (AvgIpc) is 3.06. The van der Waals surface area contributed by atoms with Gasteiger partial charge in [-0.25, -0.2) is 0 Å². The van der Waals surface area contributed by atoms with Crippen molar-refractivity contribution < 1.29 is 9.32 Å². The van der Waals surface area contributed by atoms with Gasteiger partial charge in [-0.1, -0.05) is 12.1 Å². The summed E-state index contributed by atoms with van der Waals surface area (Å²) in [6.45, 7) is 3.46. The Balaban J connectivity index is 1.98. The Hall–Kier alpha value is -2.08. The lowest BCUT2D eigenvalue weighted by Crippen LogP contribution is -2.07. The molecule has 102 valence electrons. The monoisotopic (exact) mass is 287 g/mol. The summed E-state index contributed by atoms with van der Waals surface area (Å²) in [6.07, 6.45) is 2.37. The van der Waals surface area contributed by atoms with E-state index < -0.39 is 0 Å². The Kier molecular flexibility index (Phi) is 3.31. The van der Waals surface area contributed by atoms with E-state index in [0.717, 1.165) is 15.8 Å². The van der Waals surface area contributed by atoms with Crippen molar-refractivity contribution in [3.8, 4) is 11.4 Å². The van der Waals surface area contributed by atoms with E-state index in [0.29, 0.717) is 18.1 Å². The molecule has 1 atom stereocenters. The van der Waals surface area contributed by atoms with Gasteiger partial charge in [0.15, 0.2) is 0 Å². The number of hydrogen-bond acceptors (Lipinski definition) is 6. The zero-order valence-electron chi connectivity index (χ0n) is 11.2. The van der Waals surface area contributed by atoms with E-state index in [9.17, 15) is 4.79 Å². The van der Waals surface area contributed by atoms with E-state index >= 15 is 0 Å². The van der Waals surface area contributed by atoms with Gasteiger partial charge in [-0.05, 0) is 30.9 Å². The van der Waals surface area contributed by atoms with Gasteiger partial charge in [0.25, 0.3) is 0 Å². The first-order valence-corrected chi connectivity index (χ1v) is 7.24. The molecule has 0 aliphatic rings. The maximum absolute atomic E-state index is 11.5. The highest BCUT2D eigenvalue weighted by Crippen LogP contribution is 2.26. The minimum absolute atomic E-state index is 0.0366. The number of nitrogens with zero attached hydrogens (tertiary/aromatic N) is 3. The molecule has 0 aliphatic carbocycles. The summed E-state index contributed by atoms with van der Waals surface area (Å²) in [7, 11) is 0. The normalized spacial score (nSPS) is 12.7. The summed E-state index contributed by atoms with van der Waals surface area (Å²) < 4.78 is 6.30. The fourth-order valence-corrected chi connectivity index (χ4v) is 2.88. The lowest BCUT2D eigenvalue weighted by Gasteiger charge is -2.03. The number of carbonyl (C=O) groups excluding carboxylic acids is 1. The maximum Gasteiger partial charge on any atom is 0.237 e. The predicted octanol–water partition coefficient (Wildman–Crippen LogP) is 3.43. The van der Waals surface area contributed by atoms with Crippen LogP contribution in [0.15, 0.2) is 28.2 Å². The minimum Gasteiger partial charge on any atom is -0.338 e. The third-order valence-electron chi connectivity index (χ3n) is 3.20. The van der Waals surface area contributed by atoms with Crippen molar-refractivity contribution in [3.05, 3.63) is 29.6 Å². The van der Waals surface area contributed by atoms with E-state index in [4.69, 9.17) is 4.52 Å². The molecule has 3 aromatic heterocycles. The molecule has 0 fully saturated rings. The van der Waals surface area contributed by atoms with E-state index in [1.807, 2.05) is 24.4 Å². The number of fused-ring (bicyclic) bond motifs is 1. The number of aromatic nitrogens is 3. The van der Waals surface area contributed by atoms with Crippen LogP contribution in [0.25, 0.3) is 21.6 Å². The zero-order valence-corrected chi connectivity index (χ0v) is 12.0. The van der Waals surface area contributed by atoms with E-state index in [2.05, 4.69) is 15.1 Å². The molecule has 0 saturated carbocycles. The smallest absolute Gasteiger partial charge is 0.237 e. The fourth-order valence-electron chi connectivity index (χ4n) is 2.10. The second kappa shape index (κ2) is 5.13. The number of carbonyl (C=O) groups is 1. The third-order valence-corrected chi connectivity index (χ3v) is 4.05. The highest BCUT2D eigenvalue weighted by molar-refractivity contribution is 7.17. The van der Waals surface area contributed by atoms with Gasteiger partial charge < -0.3 is 4.52 Å². The standard InChI is InChI=1S/C14H13N3O2S/c1-3-10(8(2)18)14-16-13(17-19-14)9-6-12-11(15-7-9)4-5-20-12/h4-7,10H,3H2,1-2H3. The molecule has 0 N–H and O–H groups in total. The Morgan fingerprint density at radius 3 is 3.10 bits per heavy atom. The van der Waals surface area contributed by atoms with Crippen LogP contribution in [0.1, 0.15) is 32.1 Å². The number of Topliss-reactive ketones (excluding diaryl/α,β-unsaturated/α-hetero) is 1. The van der Waals surface area contributed by atoms with Crippen LogP contribution in [-0.4, -0.2) is 20.9 Å². The largest absolute Gasteiger partial charge is 0.338 e. The second-order valence-corrected chi connectivity index (χ2v) is 5.50. The first-order valence-electron chi connectivity index (χ1n) is 6.36. The van der Waals surface area contributed by atoms with Crippen molar-refractivity contribution in [2.45, 2.75) is 26.2 Å². The highest BCUT2D eigenvalue weighted by Gasteiger charge is 2.22.